The minimum atomic E-state index is -0.404. The first kappa shape index (κ1) is 11.4. The standard InChI is InChI=1S/C12H14O3/c1-8(9(2)13)10-6-4-5-7-11(10)12(14)15-3/h4-8H,1-3H3. The molecular weight excluding hydrogens is 192 g/mol. The zero-order chi connectivity index (χ0) is 11.4. The number of hydrogen-bond acceptors (Lipinski definition) is 3. The van der Waals surface area contributed by atoms with Crippen molar-refractivity contribution >= 4 is 11.8 Å². The summed E-state index contributed by atoms with van der Waals surface area (Å²) in [7, 11) is 1.33. The third kappa shape index (κ3) is 2.43. The maximum atomic E-state index is 11.4. The number of esters is 1. The third-order valence-corrected chi connectivity index (χ3v) is 2.44. The molecule has 0 N–H and O–H groups in total. The van der Waals surface area contributed by atoms with Crippen LogP contribution in [0, 0.1) is 0 Å². The minimum Gasteiger partial charge on any atom is -0.465 e. The Bertz CT molecular complexity index is 382. The van der Waals surface area contributed by atoms with Crippen LogP contribution in [-0.4, -0.2) is 18.9 Å². The van der Waals surface area contributed by atoms with Crippen LogP contribution in [0.25, 0.3) is 0 Å². The van der Waals surface area contributed by atoms with Gasteiger partial charge in [-0.15, -0.1) is 0 Å². The highest BCUT2D eigenvalue weighted by Crippen LogP contribution is 2.21. The second-order valence-electron chi connectivity index (χ2n) is 3.41. The number of carbonyl (C=O) groups excluding carboxylic acids is 2. The van der Waals surface area contributed by atoms with Gasteiger partial charge in [0.25, 0.3) is 0 Å². The predicted molar refractivity (Wildman–Crippen MR) is 56.9 cm³/mol. The van der Waals surface area contributed by atoms with Gasteiger partial charge in [-0.05, 0) is 18.6 Å². The zero-order valence-electron chi connectivity index (χ0n) is 9.11. The van der Waals surface area contributed by atoms with E-state index in [2.05, 4.69) is 4.74 Å². The molecular formula is C12H14O3. The molecule has 0 saturated heterocycles. The molecule has 0 aliphatic heterocycles. The van der Waals surface area contributed by atoms with E-state index in [0.717, 1.165) is 5.56 Å². The second kappa shape index (κ2) is 4.73. The van der Waals surface area contributed by atoms with Crippen LogP contribution in [0.2, 0.25) is 0 Å². The summed E-state index contributed by atoms with van der Waals surface area (Å²) < 4.78 is 4.66. The molecule has 0 aromatic heterocycles. The van der Waals surface area contributed by atoms with Gasteiger partial charge in [-0.3, -0.25) is 4.79 Å². The Balaban J connectivity index is 3.17. The molecule has 0 amide bonds. The van der Waals surface area contributed by atoms with Crippen LogP contribution in [-0.2, 0) is 9.53 Å². The molecule has 3 nitrogen and oxygen atoms in total. The van der Waals surface area contributed by atoms with Crippen LogP contribution in [0.15, 0.2) is 24.3 Å². The van der Waals surface area contributed by atoms with Crippen LogP contribution in [0.1, 0.15) is 35.7 Å². The van der Waals surface area contributed by atoms with Crippen LogP contribution in [0.3, 0.4) is 0 Å². The van der Waals surface area contributed by atoms with E-state index in [9.17, 15) is 9.59 Å². The topological polar surface area (TPSA) is 43.4 Å². The molecule has 0 aliphatic rings. The van der Waals surface area contributed by atoms with Crippen molar-refractivity contribution in [1.82, 2.24) is 0 Å². The fraction of sp³-hybridized carbons (Fsp3) is 0.333. The van der Waals surface area contributed by atoms with Gasteiger partial charge in [0.05, 0.1) is 12.7 Å². The molecule has 1 unspecified atom stereocenters. The van der Waals surface area contributed by atoms with Crippen molar-refractivity contribution in [2.75, 3.05) is 7.11 Å². The van der Waals surface area contributed by atoms with E-state index in [1.54, 1.807) is 31.2 Å². The number of methoxy groups -OCH3 is 1. The van der Waals surface area contributed by atoms with Crippen LogP contribution < -0.4 is 0 Å². The Kier molecular flexibility index (Phi) is 3.61. The summed E-state index contributed by atoms with van der Waals surface area (Å²) in [6, 6.07) is 7.00. The highest BCUT2D eigenvalue weighted by atomic mass is 16.5. The lowest BCUT2D eigenvalue weighted by molar-refractivity contribution is -0.118. The number of hydrogen-bond donors (Lipinski definition) is 0. The first-order valence-electron chi connectivity index (χ1n) is 4.75. The summed E-state index contributed by atoms with van der Waals surface area (Å²) in [5.74, 6) is -0.648. The highest BCUT2D eigenvalue weighted by molar-refractivity contribution is 5.94. The molecule has 0 saturated carbocycles. The van der Waals surface area contributed by atoms with E-state index >= 15 is 0 Å². The molecule has 0 fully saturated rings. The van der Waals surface area contributed by atoms with E-state index in [0.29, 0.717) is 5.56 Å². The zero-order valence-corrected chi connectivity index (χ0v) is 9.11. The highest BCUT2D eigenvalue weighted by Gasteiger charge is 2.18. The maximum Gasteiger partial charge on any atom is 0.338 e. The smallest absolute Gasteiger partial charge is 0.338 e. The van der Waals surface area contributed by atoms with E-state index in [4.69, 9.17) is 0 Å². The lowest BCUT2D eigenvalue weighted by Crippen LogP contribution is -2.11. The summed E-state index contributed by atoms with van der Waals surface area (Å²) in [5, 5.41) is 0. The molecule has 15 heavy (non-hydrogen) atoms. The number of ether oxygens (including phenoxy) is 1. The van der Waals surface area contributed by atoms with Gasteiger partial charge in [0, 0.05) is 5.92 Å². The monoisotopic (exact) mass is 206 g/mol. The molecule has 1 rings (SSSR count). The average Bonchev–Trinajstić information content (AvgIpc) is 2.27. The van der Waals surface area contributed by atoms with E-state index in [-0.39, 0.29) is 11.7 Å². The van der Waals surface area contributed by atoms with Crippen LogP contribution in [0.5, 0.6) is 0 Å². The molecule has 0 bridgehead atoms. The SMILES string of the molecule is COC(=O)c1ccccc1C(C)C(C)=O. The van der Waals surface area contributed by atoms with E-state index in [1.165, 1.54) is 14.0 Å². The van der Waals surface area contributed by atoms with Gasteiger partial charge in [0.15, 0.2) is 0 Å². The van der Waals surface area contributed by atoms with Gasteiger partial charge in [0.1, 0.15) is 5.78 Å². The van der Waals surface area contributed by atoms with Gasteiger partial charge < -0.3 is 4.74 Å². The molecule has 0 heterocycles. The Hall–Kier alpha value is -1.64. The first-order valence-corrected chi connectivity index (χ1v) is 4.75. The lowest BCUT2D eigenvalue weighted by atomic mass is 9.93. The Morgan fingerprint density at radius 2 is 1.87 bits per heavy atom. The van der Waals surface area contributed by atoms with Gasteiger partial charge in [-0.1, -0.05) is 25.1 Å². The van der Waals surface area contributed by atoms with Gasteiger partial charge in [-0.2, -0.15) is 0 Å². The summed E-state index contributed by atoms with van der Waals surface area (Å²) in [6.45, 7) is 3.29. The first-order chi connectivity index (χ1) is 7.07. The predicted octanol–water partition coefficient (Wildman–Crippen LogP) is 2.17. The number of carbonyl (C=O) groups is 2. The van der Waals surface area contributed by atoms with Crippen molar-refractivity contribution in [3.63, 3.8) is 0 Å². The molecule has 0 aliphatic carbocycles. The van der Waals surface area contributed by atoms with Crippen molar-refractivity contribution in [2.24, 2.45) is 0 Å². The number of benzene rings is 1. The summed E-state index contributed by atoms with van der Waals surface area (Å²) in [4.78, 5) is 22.7. The Morgan fingerprint density at radius 3 is 2.40 bits per heavy atom. The third-order valence-electron chi connectivity index (χ3n) is 2.44. The quantitative estimate of drug-likeness (QED) is 0.712. The fourth-order valence-corrected chi connectivity index (χ4v) is 1.39. The molecule has 1 atom stereocenters. The number of rotatable bonds is 3. The maximum absolute atomic E-state index is 11.4. The normalized spacial score (nSPS) is 11.9. The Morgan fingerprint density at radius 1 is 1.27 bits per heavy atom. The molecule has 80 valence electrons. The molecule has 1 aromatic carbocycles. The largest absolute Gasteiger partial charge is 0.465 e. The summed E-state index contributed by atoms with van der Waals surface area (Å²) >= 11 is 0. The number of Topliss-reactive ketones (excluding diaryl/α,β-unsaturated/α-hetero) is 1. The number of ketones is 1. The fourth-order valence-electron chi connectivity index (χ4n) is 1.39. The van der Waals surface area contributed by atoms with Crippen molar-refractivity contribution in [3.8, 4) is 0 Å². The van der Waals surface area contributed by atoms with Gasteiger partial charge in [-0.25, -0.2) is 4.79 Å². The molecule has 3 heteroatoms. The summed E-state index contributed by atoms with van der Waals surface area (Å²) in [5.41, 5.74) is 1.18. The second-order valence-corrected chi connectivity index (χ2v) is 3.41. The van der Waals surface area contributed by atoms with Gasteiger partial charge >= 0.3 is 5.97 Å². The van der Waals surface area contributed by atoms with Crippen molar-refractivity contribution in [3.05, 3.63) is 35.4 Å². The average molecular weight is 206 g/mol. The molecule has 1 aromatic rings. The van der Waals surface area contributed by atoms with E-state index in [1.807, 2.05) is 0 Å². The molecule has 0 radical (unpaired) electrons. The minimum absolute atomic E-state index is 0.0337. The van der Waals surface area contributed by atoms with Crippen LogP contribution >= 0.6 is 0 Å². The van der Waals surface area contributed by atoms with Gasteiger partial charge in [0.2, 0.25) is 0 Å². The summed E-state index contributed by atoms with van der Waals surface area (Å²) in [6.07, 6.45) is 0. The van der Waals surface area contributed by atoms with Crippen molar-refractivity contribution in [2.45, 2.75) is 19.8 Å². The Labute approximate surface area is 89.1 Å². The van der Waals surface area contributed by atoms with Crippen molar-refractivity contribution in [1.29, 1.82) is 0 Å². The molecule has 0 spiro atoms. The van der Waals surface area contributed by atoms with Crippen LogP contribution in [0.4, 0.5) is 0 Å². The van der Waals surface area contributed by atoms with E-state index < -0.39 is 5.97 Å². The van der Waals surface area contributed by atoms with Crippen molar-refractivity contribution < 1.29 is 14.3 Å². The lowest BCUT2D eigenvalue weighted by Gasteiger charge is -2.12.